The Morgan fingerprint density at radius 2 is 0.667 bits per heavy atom. The molecule has 0 aromatic heterocycles. The lowest BCUT2D eigenvalue weighted by Crippen LogP contribution is -2.49. The van der Waals surface area contributed by atoms with Gasteiger partial charge in [-0.05, 0) is 12.8 Å². The second-order valence-electron chi connectivity index (χ2n) is 15.3. The number of aliphatic hydroxyl groups is 3. The van der Waals surface area contributed by atoms with Crippen molar-refractivity contribution in [3.05, 3.63) is 0 Å². The largest absolute Gasteiger partial charge is 0.394 e. The highest BCUT2D eigenvalue weighted by Crippen LogP contribution is 2.17. The van der Waals surface area contributed by atoms with Crippen molar-refractivity contribution in [1.29, 1.82) is 0 Å². The van der Waals surface area contributed by atoms with Crippen molar-refractivity contribution < 1.29 is 20.1 Å². The Morgan fingerprint density at radius 1 is 0.417 bits per heavy atom. The summed E-state index contributed by atoms with van der Waals surface area (Å²) in [5.41, 5.74) is 0. The van der Waals surface area contributed by atoms with Gasteiger partial charge in [-0.15, -0.1) is 0 Å². The van der Waals surface area contributed by atoms with E-state index < -0.39 is 24.2 Å². The van der Waals surface area contributed by atoms with Crippen molar-refractivity contribution in [3.63, 3.8) is 0 Å². The highest BCUT2D eigenvalue weighted by atomic mass is 16.3. The van der Waals surface area contributed by atoms with Crippen LogP contribution in [-0.2, 0) is 4.79 Å². The molecule has 0 fully saturated rings. The predicted octanol–water partition coefficient (Wildman–Crippen LogP) is 12.3. The van der Waals surface area contributed by atoms with Gasteiger partial charge < -0.3 is 20.6 Å². The summed E-state index contributed by atoms with van der Waals surface area (Å²) in [5, 5.41) is 33.3. The van der Waals surface area contributed by atoms with Gasteiger partial charge in [0.1, 0.15) is 6.10 Å². The summed E-state index contributed by atoms with van der Waals surface area (Å²) < 4.78 is 0. The molecule has 288 valence electrons. The number of unbranched alkanes of at least 4 members (excludes halogenated alkanes) is 32. The lowest BCUT2D eigenvalue weighted by atomic mass is 10.0. The van der Waals surface area contributed by atoms with E-state index in [1.165, 1.54) is 186 Å². The van der Waals surface area contributed by atoms with Gasteiger partial charge in [0.15, 0.2) is 0 Å². The van der Waals surface area contributed by atoms with Crippen LogP contribution in [0.15, 0.2) is 0 Å². The summed E-state index contributed by atoms with van der Waals surface area (Å²) in [6.07, 6.45) is 43.8. The number of nitrogens with one attached hydrogen (secondary N) is 1. The quantitative estimate of drug-likeness (QED) is 0.0485. The smallest absolute Gasteiger partial charge is 0.249 e. The normalized spacial score (nSPS) is 13.5. The number of aliphatic hydroxyl groups excluding tert-OH is 3. The van der Waals surface area contributed by atoms with Crippen molar-refractivity contribution >= 4 is 5.91 Å². The minimum absolute atomic E-state index is 0.308. The molecule has 0 saturated carbocycles. The Hall–Kier alpha value is -0.650. The Balaban J connectivity index is 3.59. The SMILES string of the molecule is CCCCCCCCCCCCCCCCCCCCC(O)C(=O)NC(CO)C(O)CCCCCCCCCCCCCCCCCC. The molecule has 48 heavy (non-hydrogen) atoms. The summed E-state index contributed by atoms with van der Waals surface area (Å²) in [5.74, 6) is -0.466. The maximum Gasteiger partial charge on any atom is 0.249 e. The third kappa shape index (κ3) is 33.8. The first-order valence-electron chi connectivity index (χ1n) is 21.8. The number of hydrogen-bond acceptors (Lipinski definition) is 4. The zero-order valence-electron chi connectivity index (χ0n) is 32.6. The van der Waals surface area contributed by atoms with E-state index in [1.54, 1.807) is 0 Å². The van der Waals surface area contributed by atoms with E-state index >= 15 is 0 Å². The maximum absolute atomic E-state index is 12.5. The number of carbonyl (C=O) groups excluding carboxylic acids is 1. The van der Waals surface area contributed by atoms with E-state index in [4.69, 9.17) is 0 Å². The fourth-order valence-corrected chi connectivity index (χ4v) is 7.02. The van der Waals surface area contributed by atoms with Gasteiger partial charge in [0, 0.05) is 0 Å². The third-order valence-corrected chi connectivity index (χ3v) is 10.5. The molecule has 0 bridgehead atoms. The van der Waals surface area contributed by atoms with E-state index in [2.05, 4.69) is 19.2 Å². The van der Waals surface area contributed by atoms with Gasteiger partial charge in [-0.3, -0.25) is 4.79 Å². The van der Waals surface area contributed by atoms with Crippen LogP contribution in [0.3, 0.4) is 0 Å². The lowest BCUT2D eigenvalue weighted by molar-refractivity contribution is -0.131. The minimum atomic E-state index is -1.07. The molecule has 5 heteroatoms. The molecule has 0 heterocycles. The van der Waals surface area contributed by atoms with Crippen LogP contribution in [0.4, 0.5) is 0 Å². The van der Waals surface area contributed by atoms with Gasteiger partial charge in [-0.1, -0.05) is 232 Å². The van der Waals surface area contributed by atoms with Crippen LogP contribution in [0.2, 0.25) is 0 Å². The second kappa shape index (κ2) is 39.1. The van der Waals surface area contributed by atoms with Gasteiger partial charge >= 0.3 is 0 Å². The molecule has 3 unspecified atom stereocenters. The van der Waals surface area contributed by atoms with Gasteiger partial charge in [-0.2, -0.15) is 0 Å². The molecule has 0 aliphatic carbocycles. The number of carbonyl (C=O) groups is 1. The van der Waals surface area contributed by atoms with Crippen LogP contribution in [0.5, 0.6) is 0 Å². The molecular formula is C43H87NO4. The summed E-state index contributed by atoms with van der Waals surface area (Å²) in [6, 6.07) is -0.705. The summed E-state index contributed by atoms with van der Waals surface area (Å²) in [7, 11) is 0. The van der Waals surface area contributed by atoms with Crippen molar-refractivity contribution in [2.45, 2.75) is 263 Å². The van der Waals surface area contributed by atoms with E-state index in [-0.39, 0.29) is 6.61 Å². The van der Waals surface area contributed by atoms with Crippen LogP contribution >= 0.6 is 0 Å². The molecule has 0 radical (unpaired) electrons. The van der Waals surface area contributed by atoms with Gasteiger partial charge in [-0.25, -0.2) is 0 Å². The van der Waals surface area contributed by atoms with Crippen LogP contribution in [0, 0.1) is 0 Å². The predicted molar refractivity (Wildman–Crippen MR) is 209 cm³/mol. The molecule has 0 saturated heterocycles. The molecule has 0 spiro atoms. The first-order chi connectivity index (χ1) is 23.6. The lowest BCUT2D eigenvalue weighted by Gasteiger charge is -2.23. The second-order valence-corrected chi connectivity index (χ2v) is 15.3. The van der Waals surface area contributed by atoms with Crippen LogP contribution in [-0.4, -0.2) is 46.1 Å². The van der Waals surface area contributed by atoms with Crippen molar-refractivity contribution in [2.75, 3.05) is 6.61 Å². The topological polar surface area (TPSA) is 89.8 Å². The zero-order valence-corrected chi connectivity index (χ0v) is 32.6. The first kappa shape index (κ1) is 47.4. The van der Waals surface area contributed by atoms with E-state index in [9.17, 15) is 20.1 Å². The number of amides is 1. The maximum atomic E-state index is 12.5. The first-order valence-corrected chi connectivity index (χ1v) is 21.8. The van der Waals surface area contributed by atoms with Gasteiger partial charge in [0.05, 0.1) is 18.8 Å². The molecule has 0 rings (SSSR count). The van der Waals surface area contributed by atoms with Crippen molar-refractivity contribution in [2.24, 2.45) is 0 Å². The molecule has 5 nitrogen and oxygen atoms in total. The van der Waals surface area contributed by atoms with Gasteiger partial charge in [0.2, 0.25) is 5.91 Å². The average molecular weight is 682 g/mol. The van der Waals surface area contributed by atoms with E-state index in [1.807, 2.05) is 0 Å². The molecule has 0 aliphatic heterocycles. The molecule has 0 aliphatic rings. The third-order valence-electron chi connectivity index (χ3n) is 10.5. The summed E-state index contributed by atoms with van der Waals surface area (Å²) >= 11 is 0. The average Bonchev–Trinajstić information content (AvgIpc) is 3.09. The number of rotatable bonds is 40. The highest BCUT2D eigenvalue weighted by Gasteiger charge is 2.23. The highest BCUT2D eigenvalue weighted by molar-refractivity contribution is 5.80. The summed E-state index contributed by atoms with van der Waals surface area (Å²) in [4.78, 5) is 12.5. The van der Waals surface area contributed by atoms with Crippen molar-refractivity contribution in [1.82, 2.24) is 5.32 Å². The van der Waals surface area contributed by atoms with Crippen molar-refractivity contribution in [3.8, 4) is 0 Å². The van der Waals surface area contributed by atoms with Gasteiger partial charge in [0.25, 0.3) is 0 Å². The molecule has 0 aromatic carbocycles. The molecule has 0 aromatic rings. The van der Waals surface area contributed by atoms with Crippen LogP contribution in [0.25, 0.3) is 0 Å². The summed E-state index contributed by atoms with van der Waals surface area (Å²) in [6.45, 7) is 4.25. The fraction of sp³-hybridized carbons (Fsp3) is 0.977. The van der Waals surface area contributed by atoms with Crippen LogP contribution in [0.1, 0.15) is 245 Å². The molecule has 1 amide bonds. The molecular weight excluding hydrogens is 594 g/mol. The fourth-order valence-electron chi connectivity index (χ4n) is 7.02. The van der Waals surface area contributed by atoms with E-state index in [0.717, 1.165) is 32.1 Å². The zero-order chi connectivity index (χ0) is 35.2. The Labute approximate surface area is 300 Å². The Bertz CT molecular complexity index is 630. The Morgan fingerprint density at radius 3 is 0.938 bits per heavy atom. The Kier molecular flexibility index (Phi) is 38.6. The standard InChI is InChI=1S/C43H87NO4/c1-3-5-7-9-11-13-15-17-19-21-22-24-26-28-30-32-34-36-38-42(47)43(48)44-40(39-45)41(46)37-35-33-31-29-27-25-23-20-18-16-14-12-10-8-6-4-2/h40-42,45-47H,3-39H2,1-2H3,(H,44,48). The monoisotopic (exact) mass is 682 g/mol. The van der Waals surface area contributed by atoms with E-state index in [0.29, 0.717) is 12.8 Å². The van der Waals surface area contributed by atoms with Crippen LogP contribution < -0.4 is 5.32 Å². The minimum Gasteiger partial charge on any atom is -0.394 e. The molecule has 3 atom stereocenters. The molecule has 4 N–H and O–H groups in total. The number of hydrogen-bond donors (Lipinski definition) is 4.